The standard InChI is InChI=1S/C6H3F2IN2O2/c7-5(8)4-3(11(12)13)1-2-10-6(4)9/h1-2,5H. The zero-order valence-electron chi connectivity index (χ0n) is 6.08. The molecule has 0 fully saturated rings. The normalized spacial score (nSPS) is 10.5. The van der Waals surface area contributed by atoms with E-state index in [2.05, 4.69) is 4.98 Å². The third kappa shape index (κ3) is 2.08. The van der Waals surface area contributed by atoms with E-state index >= 15 is 0 Å². The lowest BCUT2D eigenvalue weighted by molar-refractivity contribution is -0.386. The molecule has 0 aromatic carbocycles. The second-order valence-electron chi connectivity index (χ2n) is 2.09. The Bertz CT molecular complexity index is 345. The summed E-state index contributed by atoms with van der Waals surface area (Å²) in [5.74, 6) is 0. The summed E-state index contributed by atoms with van der Waals surface area (Å²) in [6.45, 7) is 0. The fourth-order valence-electron chi connectivity index (χ4n) is 0.799. The van der Waals surface area contributed by atoms with Gasteiger partial charge in [0.25, 0.3) is 12.1 Å². The zero-order chi connectivity index (χ0) is 10.0. The van der Waals surface area contributed by atoms with Crippen LogP contribution in [-0.2, 0) is 0 Å². The van der Waals surface area contributed by atoms with E-state index in [4.69, 9.17) is 0 Å². The molecule has 0 atom stereocenters. The Morgan fingerprint density at radius 2 is 2.23 bits per heavy atom. The van der Waals surface area contributed by atoms with E-state index in [0.717, 1.165) is 12.3 Å². The van der Waals surface area contributed by atoms with Crippen molar-refractivity contribution in [1.29, 1.82) is 0 Å². The van der Waals surface area contributed by atoms with Crippen LogP contribution < -0.4 is 0 Å². The summed E-state index contributed by atoms with van der Waals surface area (Å²) in [6, 6.07) is 0.962. The molecule has 1 aromatic rings. The Morgan fingerprint density at radius 1 is 1.62 bits per heavy atom. The molecule has 0 bridgehead atoms. The Hall–Kier alpha value is -0.860. The van der Waals surface area contributed by atoms with Gasteiger partial charge in [-0.1, -0.05) is 0 Å². The fraction of sp³-hybridized carbons (Fsp3) is 0.167. The average molecular weight is 300 g/mol. The van der Waals surface area contributed by atoms with Gasteiger partial charge in [0.1, 0.15) is 9.26 Å². The Kier molecular flexibility index (Phi) is 3.07. The molecule has 0 saturated heterocycles. The molecule has 0 aliphatic rings. The number of hydrogen-bond acceptors (Lipinski definition) is 3. The van der Waals surface area contributed by atoms with Crippen molar-refractivity contribution in [1.82, 2.24) is 4.98 Å². The summed E-state index contributed by atoms with van der Waals surface area (Å²) < 4.78 is 24.6. The summed E-state index contributed by atoms with van der Waals surface area (Å²) in [5.41, 5.74) is -1.21. The lowest BCUT2D eigenvalue weighted by atomic mass is 10.2. The molecular weight excluding hydrogens is 297 g/mol. The van der Waals surface area contributed by atoms with Gasteiger partial charge in [0.2, 0.25) is 0 Å². The van der Waals surface area contributed by atoms with Crippen LogP contribution in [0.3, 0.4) is 0 Å². The maximum atomic E-state index is 12.3. The summed E-state index contributed by atoms with van der Waals surface area (Å²) >= 11 is 1.54. The molecule has 1 rings (SSSR count). The molecule has 1 heterocycles. The summed E-state index contributed by atoms with van der Waals surface area (Å²) in [5, 5.41) is 10.3. The van der Waals surface area contributed by atoms with Gasteiger partial charge >= 0.3 is 0 Å². The Labute approximate surface area is 85.3 Å². The van der Waals surface area contributed by atoms with E-state index in [1.165, 1.54) is 22.6 Å². The van der Waals surface area contributed by atoms with Crippen LogP contribution in [0.5, 0.6) is 0 Å². The van der Waals surface area contributed by atoms with E-state index in [-0.39, 0.29) is 3.70 Å². The molecule has 0 spiro atoms. The monoisotopic (exact) mass is 300 g/mol. The van der Waals surface area contributed by atoms with Crippen LogP contribution in [0.2, 0.25) is 0 Å². The highest BCUT2D eigenvalue weighted by molar-refractivity contribution is 14.1. The van der Waals surface area contributed by atoms with Crippen LogP contribution in [0.1, 0.15) is 12.0 Å². The SMILES string of the molecule is O=[N+]([O-])c1ccnc(I)c1C(F)F. The largest absolute Gasteiger partial charge is 0.282 e. The lowest BCUT2D eigenvalue weighted by Crippen LogP contribution is -2.00. The first-order valence-electron chi connectivity index (χ1n) is 3.11. The van der Waals surface area contributed by atoms with E-state index in [9.17, 15) is 18.9 Å². The maximum absolute atomic E-state index is 12.3. The van der Waals surface area contributed by atoms with E-state index < -0.39 is 22.6 Å². The molecule has 0 saturated carbocycles. The molecule has 0 radical (unpaired) electrons. The molecule has 13 heavy (non-hydrogen) atoms. The number of pyridine rings is 1. The number of nitrogens with zero attached hydrogens (tertiary/aromatic N) is 2. The van der Waals surface area contributed by atoms with Crippen LogP contribution >= 0.6 is 22.6 Å². The predicted octanol–water partition coefficient (Wildman–Crippen LogP) is 2.53. The van der Waals surface area contributed by atoms with Crippen LogP contribution in [-0.4, -0.2) is 9.91 Å². The quantitative estimate of drug-likeness (QED) is 0.365. The highest BCUT2D eigenvalue weighted by atomic mass is 127. The molecule has 70 valence electrons. The molecule has 7 heteroatoms. The van der Waals surface area contributed by atoms with Crippen molar-refractivity contribution in [3.8, 4) is 0 Å². The van der Waals surface area contributed by atoms with Gasteiger partial charge in [-0.2, -0.15) is 0 Å². The minimum atomic E-state index is -2.87. The molecule has 0 unspecified atom stereocenters. The van der Waals surface area contributed by atoms with Gasteiger partial charge in [-0.05, 0) is 22.6 Å². The topological polar surface area (TPSA) is 56.0 Å². The summed E-state index contributed by atoms with van der Waals surface area (Å²) in [7, 11) is 0. The number of hydrogen-bond donors (Lipinski definition) is 0. The minimum Gasteiger partial charge on any atom is -0.258 e. The first-order chi connectivity index (χ1) is 6.04. The van der Waals surface area contributed by atoms with E-state index in [0.29, 0.717) is 0 Å². The molecule has 0 aliphatic heterocycles. The van der Waals surface area contributed by atoms with Crippen molar-refractivity contribution in [2.75, 3.05) is 0 Å². The molecular formula is C6H3F2IN2O2. The molecule has 0 aliphatic carbocycles. The third-order valence-corrected chi connectivity index (χ3v) is 2.19. The van der Waals surface area contributed by atoms with Gasteiger partial charge in [-0.3, -0.25) is 10.1 Å². The van der Waals surface area contributed by atoms with Crippen molar-refractivity contribution in [2.24, 2.45) is 0 Å². The van der Waals surface area contributed by atoms with Gasteiger partial charge in [-0.25, -0.2) is 13.8 Å². The minimum absolute atomic E-state index is 0.0400. The van der Waals surface area contributed by atoms with Crippen LogP contribution in [0.25, 0.3) is 0 Å². The van der Waals surface area contributed by atoms with Crippen molar-refractivity contribution in [2.45, 2.75) is 6.43 Å². The van der Waals surface area contributed by atoms with Crippen molar-refractivity contribution in [3.05, 3.63) is 31.6 Å². The van der Waals surface area contributed by atoms with Gasteiger partial charge in [0.15, 0.2) is 0 Å². The number of halogens is 3. The number of nitro groups is 1. The number of alkyl halides is 2. The summed E-state index contributed by atoms with van der Waals surface area (Å²) in [4.78, 5) is 13.0. The second kappa shape index (κ2) is 3.90. The van der Waals surface area contributed by atoms with Crippen LogP contribution in [0.4, 0.5) is 14.5 Å². The molecule has 0 N–H and O–H groups in total. The van der Waals surface area contributed by atoms with Crippen LogP contribution in [0.15, 0.2) is 12.3 Å². The van der Waals surface area contributed by atoms with E-state index in [1.807, 2.05) is 0 Å². The van der Waals surface area contributed by atoms with Gasteiger partial charge in [0.05, 0.1) is 4.92 Å². The number of rotatable bonds is 2. The summed E-state index contributed by atoms with van der Waals surface area (Å²) in [6.07, 6.45) is -1.74. The predicted molar refractivity (Wildman–Crippen MR) is 48.6 cm³/mol. The molecule has 0 amide bonds. The molecule has 4 nitrogen and oxygen atoms in total. The van der Waals surface area contributed by atoms with Crippen molar-refractivity contribution in [3.63, 3.8) is 0 Å². The van der Waals surface area contributed by atoms with Gasteiger partial charge < -0.3 is 0 Å². The van der Waals surface area contributed by atoms with E-state index in [1.54, 1.807) is 0 Å². The van der Waals surface area contributed by atoms with Crippen molar-refractivity contribution < 1.29 is 13.7 Å². The Balaban J connectivity index is 3.34. The first kappa shape index (κ1) is 10.2. The smallest absolute Gasteiger partial charge is 0.258 e. The highest BCUT2D eigenvalue weighted by Gasteiger charge is 2.24. The van der Waals surface area contributed by atoms with Crippen molar-refractivity contribution >= 4 is 28.3 Å². The first-order valence-corrected chi connectivity index (χ1v) is 4.19. The fourth-order valence-corrected chi connectivity index (χ4v) is 1.47. The maximum Gasteiger partial charge on any atom is 0.282 e. The van der Waals surface area contributed by atoms with Crippen LogP contribution in [0, 0.1) is 13.8 Å². The third-order valence-electron chi connectivity index (χ3n) is 1.33. The Morgan fingerprint density at radius 3 is 2.62 bits per heavy atom. The zero-order valence-corrected chi connectivity index (χ0v) is 8.23. The highest BCUT2D eigenvalue weighted by Crippen LogP contribution is 2.31. The number of aromatic nitrogens is 1. The lowest BCUT2D eigenvalue weighted by Gasteiger charge is -2.02. The molecule has 1 aromatic heterocycles. The van der Waals surface area contributed by atoms with Gasteiger partial charge in [-0.15, -0.1) is 0 Å². The second-order valence-corrected chi connectivity index (χ2v) is 3.11. The van der Waals surface area contributed by atoms with Gasteiger partial charge in [0, 0.05) is 12.3 Å². The average Bonchev–Trinajstić information content (AvgIpc) is 2.02.